The molecule has 0 aliphatic rings. The van der Waals surface area contributed by atoms with Gasteiger partial charge in [-0.3, -0.25) is 9.59 Å². The second kappa shape index (κ2) is 6.24. The highest BCUT2D eigenvalue weighted by Gasteiger charge is 2.07. The van der Waals surface area contributed by atoms with E-state index in [-0.39, 0.29) is 0 Å². The lowest BCUT2D eigenvalue weighted by molar-refractivity contribution is 0.111. The number of hydrogen-bond acceptors (Lipinski definition) is 3. The topological polar surface area (TPSA) is 34.1 Å². The minimum Gasteiger partial charge on any atom is -0.298 e. The molecule has 2 nitrogen and oxygen atoms in total. The smallest absolute Gasteiger partial charge is 0.150 e. The van der Waals surface area contributed by atoms with E-state index in [0.717, 1.165) is 22.4 Å². The first-order chi connectivity index (χ1) is 9.13. The molecule has 2 aromatic rings. The van der Waals surface area contributed by atoms with Crippen LogP contribution in [0.5, 0.6) is 0 Å². The van der Waals surface area contributed by atoms with Gasteiger partial charge >= 0.3 is 0 Å². The molecule has 0 spiro atoms. The average molecular weight is 311 g/mol. The van der Waals surface area contributed by atoms with Crippen molar-refractivity contribution >= 4 is 47.5 Å². The summed E-state index contributed by atoms with van der Waals surface area (Å²) in [5.74, 6) is 0. The third-order valence-corrected chi connectivity index (χ3v) is 4.41. The summed E-state index contributed by atoms with van der Waals surface area (Å²) in [5, 5.41) is 0.982. The molecular formula is C14H8Cl2O2S. The van der Waals surface area contributed by atoms with Crippen molar-refractivity contribution in [1.29, 1.82) is 0 Å². The lowest BCUT2D eigenvalue weighted by Crippen LogP contribution is -1.84. The molecule has 5 heteroatoms. The SMILES string of the molecule is O=Cc1ccc(Sc2ccc(C=O)cc2Cl)c(Cl)c1. The average Bonchev–Trinajstić information content (AvgIpc) is 2.42. The lowest BCUT2D eigenvalue weighted by atomic mass is 10.2. The van der Waals surface area contributed by atoms with Crippen molar-refractivity contribution in [1.82, 2.24) is 0 Å². The Labute approximate surface area is 124 Å². The van der Waals surface area contributed by atoms with Gasteiger partial charge in [0, 0.05) is 20.9 Å². The van der Waals surface area contributed by atoms with Crippen molar-refractivity contribution in [3.05, 3.63) is 57.6 Å². The summed E-state index contributed by atoms with van der Waals surface area (Å²) in [4.78, 5) is 22.9. The molecule has 0 saturated carbocycles. The Hall–Kier alpha value is -1.29. The first-order valence-corrected chi connectivity index (χ1v) is 6.88. The third-order valence-electron chi connectivity index (χ3n) is 2.40. The zero-order chi connectivity index (χ0) is 13.8. The summed E-state index contributed by atoms with van der Waals surface area (Å²) >= 11 is 13.6. The van der Waals surface area contributed by atoms with E-state index >= 15 is 0 Å². The summed E-state index contributed by atoms with van der Waals surface area (Å²) in [6, 6.07) is 10.1. The lowest BCUT2D eigenvalue weighted by Gasteiger charge is -2.07. The number of aldehydes is 2. The van der Waals surface area contributed by atoms with E-state index < -0.39 is 0 Å². The predicted octanol–water partition coefficient (Wildman–Crippen LogP) is 4.77. The standard InChI is InChI=1S/C14H8Cl2O2S/c15-11-5-9(7-17)1-3-13(11)19-14-4-2-10(8-18)6-12(14)16/h1-8H. The van der Waals surface area contributed by atoms with Gasteiger partial charge < -0.3 is 0 Å². The van der Waals surface area contributed by atoms with Crippen LogP contribution >= 0.6 is 35.0 Å². The monoisotopic (exact) mass is 310 g/mol. The van der Waals surface area contributed by atoms with Crippen LogP contribution in [0, 0.1) is 0 Å². The number of carbonyl (C=O) groups is 2. The van der Waals surface area contributed by atoms with Gasteiger partial charge in [-0.25, -0.2) is 0 Å². The number of halogens is 2. The number of benzene rings is 2. The molecule has 0 aliphatic carbocycles. The van der Waals surface area contributed by atoms with Crippen LogP contribution in [0.4, 0.5) is 0 Å². The third kappa shape index (κ3) is 3.38. The van der Waals surface area contributed by atoms with Crippen molar-refractivity contribution in [2.45, 2.75) is 9.79 Å². The van der Waals surface area contributed by atoms with Crippen LogP contribution in [-0.4, -0.2) is 12.6 Å². The van der Waals surface area contributed by atoms with E-state index in [2.05, 4.69) is 0 Å². The molecule has 0 radical (unpaired) electrons. The number of rotatable bonds is 4. The molecule has 0 unspecified atom stereocenters. The highest BCUT2D eigenvalue weighted by atomic mass is 35.5. The van der Waals surface area contributed by atoms with Gasteiger partial charge in [0.05, 0.1) is 10.0 Å². The van der Waals surface area contributed by atoms with Crippen LogP contribution in [0.15, 0.2) is 46.2 Å². The molecule has 0 heterocycles. The van der Waals surface area contributed by atoms with Crippen molar-refractivity contribution in [2.24, 2.45) is 0 Å². The van der Waals surface area contributed by atoms with Crippen molar-refractivity contribution < 1.29 is 9.59 Å². The van der Waals surface area contributed by atoms with Gasteiger partial charge in [0.2, 0.25) is 0 Å². The minimum absolute atomic E-state index is 0.491. The Kier molecular flexibility index (Phi) is 4.64. The molecule has 0 atom stereocenters. The van der Waals surface area contributed by atoms with Crippen molar-refractivity contribution in [2.75, 3.05) is 0 Å². The molecule has 2 aromatic carbocycles. The van der Waals surface area contributed by atoms with Gasteiger partial charge in [0.15, 0.2) is 0 Å². The molecule has 0 bridgehead atoms. The zero-order valence-electron chi connectivity index (χ0n) is 9.60. The van der Waals surface area contributed by atoms with Gasteiger partial charge in [-0.1, -0.05) is 47.1 Å². The van der Waals surface area contributed by atoms with E-state index in [1.54, 1.807) is 36.4 Å². The fourth-order valence-electron chi connectivity index (χ4n) is 1.46. The summed E-state index contributed by atoms with van der Waals surface area (Å²) < 4.78 is 0. The number of carbonyl (C=O) groups excluding carboxylic acids is 2. The summed E-state index contributed by atoms with van der Waals surface area (Å²) in [5.41, 5.74) is 1.05. The Morgan fingerprint density at radius 1 is 0.789 bits per heavy atom. The molecule has 0 saturated heterocycles. The fourth-order valence-corrected chi connectivity index (χ4v) is 2.90. The summed E-state index contributed by atoms with van der Waals surface area (Å²) in [6.45, 7) is 0. The summed E-state index contributed by atoms with van der Waals surface area (Å²) in [6.07, 6.45) is 1.48. The first-order valence-electron chi connectivity index (χ1n) is 5.31. The fraction of sp³-hybridized carbons (Fsp3) is 0. The second-order valence-electron chi connectivity index (χ2n) is 3.72. The van der Waals surface area contributed by atoms with E-state index in [9.17, 15) is 9.59 Å². The molecule has 0 amide bonds. The largest absolute Gasteiger partial charge is 0.298 e. The van der Waals surface area contributed by atoms with Crippen molar-refractivity contribution in [3.8, 4) is 0 Å². The normalized spacial score (nSPS) is 10.2. The van der Waals surface area contributed by atoms with Crippen LogP contribution in [0.2, 0.25) is 10.0 Å². The summed E-state index contributed by atoms with van der Waals surface area (Å²) in [7, 11) is 0. The maximum Gasteiger partial charge on any atom is 0.150 e. The van der Waals surface area contributed by atoms with Crippen LogP contribution in [0.1, 0.15) is 20.7 Å². The highest BCUT2D eigenvalue weighted by Crippen LogP contribution is 2.37. The van der Waals surface area contributed by atoms with E-state index in [4.69, 9.17) is 23.2 Å². The Bertz CT molecular complexity index is 586. The Balaban J connectivity index is 2.30. The maximum absolute atomic E-state index is 10.6. The van der Waals surface area contributed by atoms with Gasteiger partial charge in [-0.15, -0.1) is 0 Å². The maximum atomic E-state index is 10.6. The first kappa shape index (κ1) is 14.1. The van der Waals surface area contributed by atoms with Gasteiger partial charge in [0.1, 0.15) is 12.6 Å². The van der Waals surface area contributed by atoms with Gasteiger partial charge in [-0.05, 0) is 24.3 Å². The molecular weight excluding hydrogens is 303 g/mol. The van der Waals surface area contributed by atoms with Crippen LogP contribution in [0.25, 0.3) is 0 Å². The molecule has 2 rings (SSSR count). The minimum atomic E-state index is 0.491. The van der Waals surface area contributed by atoms with Crippen molar-refractivity contribution in [3.63, 3.8) is 0 Å². The van der Waals surface area contributed by atoms with E-state index in [1.807, 2.05) is 0 Å². The molecule has 0 aliphatic heterocycles. The second-order valence-corrected chi connectivity index (χ2v) is 5.62. The Morgan fingerprint density at radius 3 is 1.53 bits per heavy atom. The molecule has 19 heavy (non-hydrogen) atoms. The zero-order valence-corrected chi connectivity index (χ0v) is 11.9. The quantitative estimate of drug-likeness (QED) is 0.763. The van der Waals surface area contributed by atoms with E-state index in [0.29, 0.717) is 21.2 Å². The van der Waals surface area contributed by atoms with E-state index in [1.165, 1.54) is 11.8 Å². The molecule has 0 fully saturated rings. The van der Waals surface area contributed by atoms with Gasteiger partial charge in [0.25, 0.3) is 0 Å². The van der Waals surface area contributed by atoms with Gasteiger partial charge in [-0.2, -0.15) is 0 Å². The van der Waals surface area contributed by atoms with Crippen LogP contribution in [-0.2, 0) is 0 Å². The molecule has 0 aromatic heterocycles. The van der Waals surface area contributed by atoms with Crippen LogP contribution < -0.4 is 0 Å². The highest BCUT2D eigenvalue weighted by molar-refractivity contribution is 7.99. The number of hydrogen-bond donors (Lipinski definition) is 0. The molecule has 96 valence electrons. The van der Waals surface area contributed by atoms with Crippen LogP contribution in [0.3, 0.4) is 0 Å². The Morgan fingerprint density at radius 2 is 1.21 bits per heavy atom. The predicted molar refractivity (Wildman–Crippen MR) is 77.8 cm³/mol. The molecule has 0 N–H and O–H groups in total.